The van der Waals surface area contributed by atoms with Gasteiger partial charge >= 0.3 is 0 Å². The van der Waals surface area contributed by atoms with Crippen LogP contribution in [0.3, 0.4) is 0 Å². The van der Waals surface area contributed by atoms with E-state index in [0.29, 0.717) is 6.54 Å². The SMILES string of the molecule is Cc1nc2sccn2c1CNc1ccc(S(C)(=O)=O)nc1. The van der Waals surface area contributed by atoms with Crippen molar-refractivity contribution in [2.45, 2.75) is 18.5 Å². The zero-order valence-corrected chi connectivity index (χ0v) is 13.2. The molecule has 8 heteroatoms. The molecule has 0 atom stereocenters. The monoisotopic (exact) mass is 322 g/mol. The lowest BCUT2D eigenvalue weighted by Gasteiger charge is -2.07. The van der Waals surface area contributed by atoms with E-state index >= 15 is 0 Å². The summed E-state index contributed by atoms with van der Waals surface area (Å²) in [7, 11) is -3.26. The van der Waals surface area contributed by atoms with Crippen molar-refractivity contribution in [2.75, 3.05) is 11.6 Å². The van der Waals surface area contributed by atoms with Crippen LogP contribution in [0.4, 0.5) is 5.69 Å². The van der Waals surface area contributed by atoms with E-state index in [0.717, 1.165) is 28.3 Å². The number of sulfone groups is 1. The van der Waals surface area contributed by atoms with Crippen molar-refractivity contribution in [1.82, 2.24) is 14.4 Å². The first-order valence-electron chi connectivity index (χ1n) is 6.26. The minimum absolute atomic E-state index is 0.0776. The fourth-order valence-electron chi connectivity index (χ4n) is 2.04. The standard InChI is InChI=1S/C13H14N4O2S2/c1-9-11(17-5-6-20-13(17)16-9)8-14-10-3-4-12(15-7-10)21(2,18)19/h3-7,14H,8H2,1-2H3. The van der Waals surface area contributed by atoms with Crippen LogP contribution in [-0.2, 0) is 16.4 Å². The van der Waals surface area contributed by atoms with E-state index in [1.54, 1.807) is 17.4 Å². The average molecular weight is 322 g/mol. The van der Waals surface area contributed by atoms with Gasteiger partial charge in [-0.3, -0.25) is 4.40 Å². The minimum atomic E-state index is -3.26. The molecule has 3 aromatic heterocycles. The second kappa shape index (κ2) is 5.12. The predicted molar refractivity (Wildman–Crippen MR) is 82.5 cm³/mol. The Morgan fingerprint density at radius 2 is 2.19 bits per heavy atom. The van der Waals surface area contributed by atoms with Crippen LogP contribution in [0.1, 0.15) is 11.4 Å². The zero-order valence-electron chi connectivity index (χ0n) is 11.6. The number of nitrogens with one attached hydrogen (secondary N) is 1. The smallest absolute Gasteiger partial charge is 0.194 e. The third-order valence-electron chi connectivity index (χ3n) is 3.14. The highest BCUT2D eigenvalue weighted by molar-refractivity contribution is 7.90. The maximum absolute atomic E-state index is 11.4. The summed E-state index contributed by atoms with van der Waals surface area (Å²) in [5, 5.41) is 5.31. The van der Waals surface area contributed by atoms with Crippen molar-refractivity contribution in [3.63, 3.8) is 0 Å². The lowest BCUT2D eigenvalue weighted by molar-refractivity contribution is 0.598. The summed E-state index contributed by atoms with van der Waals surface area (Å²) in [6.45, 7) is 2.57. The van der Waals surface area contributed by atoms with Gasteiger partial charge in [-0.25, -0.2) is 18.4 Å². The number of anilines is 1. The van der Waals surface area contributed by atoms with Gasteiger partial charge < -0.3 is 5.32 Å². The van der Waals surface area contributed by atoms with Crippen molar-refractivity contribution in [2.24, 2.45) is 0 Å². The van der Waals surface area contributed by atoms with E-state index in [1.807, 2.05) is 22.9 Å². The number of imidazole rings is 1. The van der Waals surface area contributed by atoms with Crippen LogP contribution in [0, 0.1) is 6.92 Å². The van der Waals surface area contributed by atoms with Crippen molar-refractivity contribution in [3.05, 3.63) is 41.3 Å². The Bertz CT molecular complexity index is 879. The van der Waals surface area contributed by atoms with Gasteiger partial charge in [0.2, 0.25) is 0 Å². The molecule has 0 aromatic carbocycles. The molecular weight excluding hydrogens is 308 g/mol. The summed E-state index contributed by atoms with van der Waals surface area (Å²) in [6.07, 6.45) is 4.66. The second-order valence-corrected chi connectivity index (χ2v) is 7.55. The van der Waals surface area contributed by atoms with Crippen LogP contribution >= 0.6 is 11.3 Å². The molecule has 0 fully saturated rings. The summed E-state index contributed by atoms with van der Waals surface area (Å²) in [5.74, 6) is 0. The summed E-state index contributed by atoms with van der Waals surface area (Å²) in [4.78, 5) is 9.40. The summed E-state index contributed by atoms with van der Waals surface area (Å²) in [6, 6.07) is 3.21. The molecule has 0 unspecified atom stereocenters. The highest BCUT2D eigenvalue weighted by Gasteiger charge is 2.10. The molecule has 3 heterocycles. The molecule has 0 amide bonds. The van der Waals surface area contributed by atoms with Crippen LogP contribution in [0.25, 0.3) is 4.96 Å². The summed E-state index contributed by atoms with van der Waals surface area (Å²) < 4.78 is 24.8. The maximum Gasteiger partial charge on any atom is 0.194 e. The molecule has 0 saturated carbocycles. The summed E-state index contributed by atoms with van der Waals surface area (Å²) >= 11 is 1.59. The Morgan fingerprint density at radius 1 is 1.38 bits per heavy atom. The number of nitrogens with zero attached hydrogens (tertiary/aromatic N) is 3. The Labute approximate surface area is 126 Å². The molecule has 0 spiro atoms. The first-order valence-corrected chi connectivity index (χ1v) is 9.03. The van der Waals surface area contributed by atoms with Crippen molar-refractivity contribution in [3.8, 4) is 0 Å². The maximum atomic E-state index is 11.4. The predicted octanol–water partition coefficient (Wildman–Crippen LogP) is 2.11. The van der Waals surface area contributed by atoms with Crippen LogP contribution in [0.15, 0.2) is 34.9 Å². The van der Waals surface area contributed by atoms with Crippen LogP contribution in [0.5, 0.6) is 0 Å². The van der Waals surface area contributed by atoms with Crippen LogP contribution in [0.2, 0.25) is 0 Å². The quantitative estimate of drug-likeness (QED) is 0.796. The molecule has 21 heavy (non-hydrogen) atoms. The fourth-order valence-corrected chi connectivity index (χ4v) is 3.38. The number of rotatable bonds is 4. The topological polar surface area (TPSA) is 76.4 Å². The van der Waals surface area contributed by atoms with Crippen LogP contribution in [-0.4, -0.2) is 29.0 Å². The van der Waals surface area contributed by atoms with Gasteiger partial charge in [0, 0.05) is 17.8 Å². The number of aromatic nitrogens is 3. The van der Waals surface area contributed by atoms with Gasteiger partial charge in [-0.05, 0) is 19.1 Å². The molecular formula is C13H14N4O2S2. The lowest BCUT2D eigenvalue weighted by atomic mass is 10.3. The first kappa shape index (κ1) is 14.0. The number of fused-ring (bicyclic) bond motifs is 1. The van der Waals surface area contributed by atoms with Gasteiger partial charge in [0.05, 0.1) is 29.8 Å². The van der Waals surface area contributed by atoms with Crippen molar-refractivity contribution < 1.29 is 8.42 Å². The molecule has 3 rings (SSSR count). The molecule has 1 N–H and O–H groups in total. The Morgan fingerprint density at radius 3 is 2.86 bits per heavy atom. The van der Waals surface area contributed by atoms with Crippen molar-refractivity contribution >= 4 is 31.8 Å². The van der Waals surface area contributed by atoms with Crippen LogP contribution < -0.4 is 5.32 Å². The normalized spacial score (nSPS) is 11.9. The molecule has 3 aromatic rings. The molecule has 110 valence electrons. The van der Waals surface area contributed by atoms with E-state index in [-0.39, 0.29) is 5.03 Å². The molecule has 6 nitrogen and oxygen atoms in total. The Kier molecular flexibility index (Phi) is 3.42. The molecule has 0 aliphatic rings. The Hall–Kier alpha value is -1.93. The van der Waals surface area contributed by atoms with Gasteiger partial charge in [-0.1, -0.05) is 0 Å². The second-order valence-electron chi connectivity index (χ2n) is 4.71. The molecule has 0 aliphatic heterocycles. The molecule has 0 radical (unpaired) electrons. The van der Waals surface area contributed by atoms with Gasteiger partial charge in [-0.2, -0.15) is 0 Å². The Balaban J connectivity index is 1.79. The van der Waals surface area contributed by atoms with Gasteiger partial charge in [0.1, 0.15) is 0 Å². The molecule has 0 bridgehead atoms. The highest BCUT2D eigenvalue weighted by Crippen LogP contribution is 2.18. The number of pyridine rings is 1. The minimum Gasteiger partial charge on any atom is -0.378 e. The van der Waals surface area contributed by atoms with Gasteiger partial charge in [-0.15, -0.1) is 11.3 Å². The number of aryl methyl sites for hydroxylation is 1. The first-order chi connectivity index (χ1) is 9.95. The number of hydrogen-bond acceptors (Lipinski definition) is 6. The van der Waals surface area contributed by atoms with E-state index in [1.165, 1.54) is 12.3 Å². The fraction of sp³-hybridized carbons (Fsp3) is 0.231. The number of thiazole rings is 1. The molecule has 0 saturated heterocycles. The average Bonchev–Trinajstić information content (AvgIpc) is 2.97. The van der Waals surface area contributed by atoms with Gasteiger partial charge in [0.15, 0.2) is 19.8 Å². The van der Waals surface area contributed by atoms with Crippen molar-refractivity contribution in [1.29, 1.82) is 0 Å². The third-order valence-corrected chi connectivity index (χ3v) is 4.90. The zero-order chi connectivity index (χ0) is 15.0. The summed E-state index contributed by atoms with van der Waals surface area (Å²) in [5.41, 5.74) is 2.83. The lowest BCUT2D eigenvalue weighted by Crippen LogP contribution is -2.05. The highest BCUT2D eigenvalue weighted by atomic mass is 32.2. The number of hydrogen-bond donors (Lipinski definition) is 1. The molecule has 0 aliphatic carbocycles. The third kappa shape index (κ3) is 2.77. The van der Waals surface area contributed by atoms with E-state index in [2.05, 4.69) is 15.3 Å². The largest absolute Gasteiger partial charge is 0.378 e. The van der Waals surface area contributed by atoms with Gasteiger partial charge in [0.25, 0.3) is 0 Å². The van der Waals surface area contributed by atoms with E-state index < -0.39 is 9.84 Å². The van der Waals surface area contributed by atoms with E-state index in [9.17, 15) is 8.42 Å². The van der Waals surface area contributed by atoms with E-state index in [4.69, 9.17) is 0 Å².